The highest BCUT2D eigenvalue weighted by atomic mass is 79.9. The van der Waals surface area contributed by atoms with E-state index in [9.17, 15) is 0 Å². The fourth-order valence-corrected chi connectivity index (χ4v) is 2.18. The van der Waals surface area contributed by atoms with Crippen LogP contribution in [-0.4, -0.2) is 5.10 Å². The van der Waals surface area contributed by atoms with Crippen molar-refractivity contribution in [1.29, 1.82) is 0 Å². The van der Waals surface area contributed by atoms with E-state index in [1.54, 1.807) is 0 Å². The number of nitrogens with zero attached hydrogens (tertiary/aromatic N) is 1. The van der Waals surface area contributed by atoms with E-state index in [1.807, 2.05) is 11.7 Å². The minimum Gasteiger partial charge on any atom is -0.165 e. The Kier molecular flexibility index (Phi) is 1.91. The molecule has 2 nitrogen and oxygen atoms in total. The van der Waals surface area contributed by atoms with E-state index in [1.165, 1.54) is 22.2 Å². The van der Waals surface area contributed by atoms with E-state index in [0.717, 1.165) is 4.47 Å². The lowest BCUT2D eigenvalue weighted by molar-refractivity contribution is -0.730. The molecule has 0 fully saturated rings. The summed E-state index contributed by atoms with van der Waals surface area (Å²) in [6, 6.07) is 4.27. The SMILES string of the molecule is Cc1cc(Br)cc2c(C)[n+](C)[nH]c12. The molecule has 2 rings (SSSR count). The Bertz CT molecular complexity index is 471. The maximum Gasteiger partial charge on any atom is 0.212 e. The van der Waals surface area contributed by atoms with Gasteiger partial charge in [0.15, 0.2) is 7.05 Å². The molecule has 68 valence electrons. The third-order valence-corrected chi connectivity index (χ3v) is 2.93. The lowest BCUT2D eigenvalue weighted by Gasteiger charge is -1.94. The highest BCUT2D eigenvalue weighted by Gasteiger charge is 2.13. The molecule has 0 amide bonds. The van der Waals surface area contributed by atoms with Gasteiger partial charge in [-0.25, -0.2) is 0 Å². The second-order valence-electron chi connectivity index (χ2n) is 3.40. The molecule has 0 aliphatic rings. The molecule has 0 aliphatic carbocycles. The molecule has 1 aromatic heterocycles. The largest absolute Gasteiger partial charge is 0.212 e. The zero-order valence-corrected chi connectivity index (χ0v) is 9.57. The fraction of sp³-hybridized carbons (Fsp3) is 0.300. The summed E-state index contributed by atoms with van der Waals surface area (Å²) in [5, 5.41) is 4.60. The molecule has 0 saturated carbocycles. The maximum atomic E-state index is 3.50. The Labute approximate surface area is 85.7 Å². The van der Waals surface area contributed by atoms with Gasteiger partial charge in [0.25, 0.3) is 0 Å². The molecule has 0 aliphatic heterocycles. The summed E-state index contributed by atoms with van der Waals surface area (Å²) in [7, 11) is 2.03. The van der Waals surface area contributed by atoms with Crippen molar-refractivity contribution in [3.05, 3.63) is 27.9 Å². The van der Waals surface area contributed by atoms with E-state index in [2.05, 4.69) is 47.0 Å². The summed E-state index contributed by atoms with van der Waals surface area (Å²) in [4.78, 5) is 0. The first-order valence-electron chi connectivity index (χ1n) is 4.24. The first-order valence-corrected chi connectivity index (χ1v) is 5.03. The first-order chi connectivity index (χ1) is 6.09. The average Bonchev–Trinajstić information content (AvgIpc) is 2.32. The van der Waals surface area contributed by atoms with Crippen LogP contribution in [0.2, 0.25) is 0 Å². The third-order valence-electron chi connectivity index (χ3n) is 2.47. The number of fused-ring (bicyclic) bond motifs is 1. The van der Waals surface area contributed by atoms with E-state index < -0.39 is 0 Å². The van der Waals surface area contributed by atoms with Gasteiger partial charge in [-0.15, -0.1) is 4.68 Å². The van der Waals surface area contributed by atoms with Gasteiger partial charge >= 0.3 is 0 Å². The van der Waals surface area contributed by atoms with Crippen LogP contribution in [0.1, 0.15) is 11.3 Å². The Morgan fingerprint density at radius 3 is 2.69 bits per heavy atom. The average molecular weight is 240 g/mol. The predicted octanol–water partition coefficient (Wildman–Crippen LogP) is 2.37. The minimum atomic E-state index is 1.14. The van der Waals surface area contributed by atoms with Gasteiger partial charge in [0, 0.05) is 11.4 Å². The Morgan fingerprint density at radius 1 is 1.31 bits per heavy atom. The molecule has 1 aromatic carbocycles. The van der Waals surface area contributed by atoms with Crippen molar-refractivity contribution in [2.45, 2.75) is 13.8 Å². The second-order valence-corrected chi connectivity index (χ2v) is 4.32. The number of benzene rings is 1. The number of aromatic amines is 1. The topological polar surface area (TPSA) is 19.7 Å². The van der Waals surface area contributed by atoms with Gasteiger partial charge in [-0.3, -0.25) is 0 Å². The van der Waals surface area contributed by atoms with E-state index in [0.29, 0.717) is 0 Å². The summed E-state index contributed by atoms with van der Waals surface area (Å²) in [5.41, 5.74) is 3.76. The zero-order chi connectivity index (χ0) is 9.59. The summed E-state index contributed by atoms with van der Waals surface area (Å²) in [6.07, 6.45) is 0. The number of halogens is 1. The van der Waals surface area contributed by atoms with Gasteiger partial charge in [0.05, 0.1) is 5.39 Å². The number of aromatic nitrogens is 2. The van der Waals surface area contributed by atoms with E-state index in [4.69, 9.17) is 0 Å². The minimum absolute atomic E-state index is 1.14. The smallest absolute Gasteiger partial charge is 0.165 e. The van der Waals surface area contributed by atoms with E-state index >= 15 is 0 Å². The molecule has 13 heavy (non-hydrogen) atoms. The lowest BCUT2D eigenvalue weighted by atomic mass is 10.1. The Balaban J connectivity index is 2.94. The molecular weight excluding hydrogens is 228 g/mol. The van der Waals surface area contributed by atoms with Crippen LogP contribution in [0.25, 0.3) is 10.9 Å². The molecule has 3 heteroatoms. The van der Waals surface area contributed by atoms with E-state index in [-0.39, 0.29) is 0 Å². The second kappa shape index (κ2) is 2.84. The molecule has 0 atom stereocenters. The van der Waals surface area contributed by atoms with Crippen molar-refractivity contribution in [2.75, 3.05) is 0 Å². The number of hydrogen-bond donors (Lipinski definition) is 1. The monoisotopic (exact) mass is 239 g/mol. The van der Waals surface area contributed by atoms with Crippen LogP contribution < -0.4 is 4.68 Å². The molecule has 0 spiro atoms. The Hall–Kier alpha value is -0.830. The highest BCUT2D eigenvalue weighted by molar-refractivity contribution is 9.10. The van der Waals surface area contributed by atoms with Crippen LogP contribution in [0, 0.1) is 13.8 Å². The van der Waals surface area contributed by atoms with Crippen molar-refractivity contribution in [2.24, 2.45) is 7.05 Å². The third kappa shape index (κ3) is 1.27. The molecule has 0 bridgehead atoms. The Morgan fingerprint density at radius 2 is 2.00 bits per heavy atom. The van der Waals surface area contributed by atoms with Gasteiger partial charge in [-0.2, -0.15) is 5.10 Å². The number of nitrogens with one attached hydrogen (secondary N) is 1. The molecular formula is C10H12BrN2+. The number of aryl methyl sites for hydroxylation is 3. The van der Waals surface area contributed by atoms with Crippen molar-refractivity contribution >= 4 is 26.8 Å². The first kappa shape index (κ1) is 8.75. The summed E-state index contributed by atoms with van der Waals surface area (Å²) in [6.45, 7) is 4.23. The van der Waals surface area contributed by atoms with Crippen LogP contribution in [0.15, 0.2) is 16.6 Å². The molecule has 1 heterocycles. The number of H-pyrrole nitrogens is 1. The van der Waals surface area contributed by atoms with Crippen LogP contribution >= 0.6 is 15.9 Å². The van der Waals surface area contributed by atoms with Crippen LogP contribution in [0.4, 0.5) is 0 Å². The van der Waals surface area contributed by atoms with Gasteiger partial charge in [-0.05, 0) is 24.6 Å². The van der Waals surface area contributed by atoms with Crippen molar-refractivity contribution in [1.82, 2.24) is 5.10 Å². The van der Waals surface area contributed by atoms with Crippen LogP contribution in [0.3, 0.4) is 0 Å². The summed E-state index contributed by atoms with van der Waals surface area (Å²) in [5.74, 6) is 0. The fourth-order valence-electron chi connectivity index (χ4n) is 1.61. The van der Waals surface area contributed by atoms with Gasteiger partial charge < -0.3 is 0 Å². The maximum absolute atomic E-state index is 3.50. The van der Waals surface area contributed by atoms with Crippen molar-refractivity contribution in [3.63, 3.8) is 0 Å². The normalized spacial score (nSPS) is 11.1. The number of rotatable bonds is 0. The summed E-state index contributed by atoms with van der Waals surface area (Å²) < 4.78 is 3.18. The van der Waals surface area contributed by atoms with Crippen molar-refractivity contribution in [3.8, 4) is 0 Å². The standard InChI is InChI=1S/C10H11BrN2/c1-6-4-8(11)5-9-7(2)13(3)12-10(6)9/h4-5H,1-3H3/p+1. The van der Waals surface area contributed by atoms with Crippen LogP contribution in [0.5, 0.6) is 0 Å². The van der Waals surface area contributed by atoms with Gasteiger partial charge in [-0.1, -0.05) is 15.9 Å². The van der Waals surface area contributed by atoms with Crippen molar-refractivity contribution < 1.29 is 4.68 Å². The quantitative estimate of drug-likeness (QED) is 0.682. The van der Waals surface area contributed by atoms with Gasteiger partial charge in [0.2, 0.25) is 5.69 Å². The molecule has 1 N–H and O–H groups in total. The lowest BCUT2D eigenvalue weighted by Crippen LogP contribution is -2.32. The molecule has 0 radical (unpaired) electrons. The van der Waals surface area contributed by atoms with Gasteiger partial charge in [0.1, 0.15) is 5.52 Å². The predicted molar refractivity (Wildman–Crippen MR) is 56.6 cm³/mol. The summed E-state index contributed by atoms with van der Waals surface area (Å²) >= 11 is 3.50. The molecule has 2 aromatic rings. The highest BCUT2D eigenvalue weighted by Crippen LogP contribution is 2.23. The van der Waals surface area contributed by atoms with Crippen LogP contribution in [-0.2, 0) is 7.05 Å². The zero-order valence-electron chi connectivity index (χ0n) is 7.98. The molecule has 0 saturated heterocycles. The number of hydrogen-bond acceptors (Lipinski definition) is 0. The molecule has 0 unspecified atom stereocenters.